The minimum Gasteiger partial charge on any atom is -0.466 e. The second kappa shape index (κ2) is 5.27. The van der Waals surface area contributed by atoms with Crippen molar-refractivity contribution in [3.63, 3.8) is 0 Å². The lowest BCUT2D eigenvalue weighted by Crippen LogP contribution is -2.14. The Labute approximate surface area is 119 Å². The Morgan fingerprint density at radius 3 is 2.75 bits per heavy atom. The van der Waals surface area contributed by atoms with Gasteiger partial charge in [-0.25, -0.2) is 9.97 Å². The average molecular weight is 271 g/mol. The molecule has 4 heteroatoms. The maximum absolute atomic E-state index is 5.61. The van der Waals surface area contributed by atoms with Gasteiger partial charge in [0.15, 0.2) is 0 Å². The topological polar surface area (TPSA) is 51.0 Å². The summed E-state index contributed by atoms with van der Waals surface area (Å²) in [5.74, 6) is 2.92. The largest absolute Gasteiger partial charge is 0.466 e. The number of aromatic nitrogens is 2. The molecular weight excluding hydrogens is 250 g/mol. The zero-order valence-electron chi connectivity index (χ0n) is 12.4. The molecule has 0 amide bonds. The molecule has 0 radical (unpaired) electrons. The van der Waals surface area contributed by atoms with Crippen LogP contribution in [0.1, 0.15) is 54.1 Å². The minimum absolute atomic E-state index is 0.188. The van der Waals surface area contributed by atoms with E-state index in [4.69, 9.17) is 4.42 Å². The fraction of sp³-hybridized carbons (Fsp3) is 0.500. The van der Waals surface area contributed by atoms with Crippen LogP contribution in [0.2, 0.25) is 0 Å². The molecule has 2 aromatic heterocycles. The Morgan fingerprint density at radius 2 is 2.00 bits per heavy atom. The Morgan fingerprint density at radius 1 is 1.20 bits per heavy atom. The van der Waals surface area contributed by atoms with Crippen molar-refractivity contribution in [2.24, 2.45) is 0 Å². The van der Waals surface area contributed by atoms with Crippen LogP contribution in [0.15, 0.2) is 16.8 Å². The van der Waals surface area contributed by atoms with Gasteiger partial charge in [-0.3, -0.25) is 0 Å². The molecule has 1 aliphatic carbocycles. The number of hydrogen-bond acceptors (Lipinski definition) is 4. The van der Waals surface area contributed by atoms with E-state index in [0.717, 1.165) is 30.2 Å². The summed E-state index contributed by atoms with van der Waals surface area (Å²) in [6, 6.07) is 2.29. The van der Waals surface area contributed by atoms with Gasteiger partial charge in [-0.1, -0.05) is 0 Å². The van der Waals surface area contributed by atoms with Crippen LogP contribution in [0.5, 0.6) is 0 Å². The summed E-state index contributed by atoms with van der Waals surface area (Å²) in [5.41, 5.74) is 3.70. The van der Waals surface area contributed by atoms with E-state index >= 15 is 0 Å². The molecule has 0 aromatic carbocycles. The SMILES string of the molecule is Cc1cc(C(C)Nc2ncnc3c2CCCC3)c(C)o1. The van der Waals surface area contributed by atoms with E-state index in [9.17, 15) is 0 Å². The van der Waals surface area contributed by atoms with E-state index in [1.807, 2.05) is 13.8 Å². The summed E-state index contributed by atoms with van der Waals surface area (Å²) < 4.78 is 5.61. The predicted molar refractivity (Wildman–Crippen MR) is 78.9 cm³/mol. The van der Waals surface area contributed by atoms with Crippen molar-refractivity contribution >= 4 is 5.82 Å². The van der Waals surface area contributed by atoms with Crippen molar-refractivity contribution < 1.29 is 4.42 Å². The van der Waals surface area contributed by atoms with Crippen LogP contribution in [0.3, 0.4) is 0 Å². The number of furan rings is 1. The zero-order valence-corrected chi connectivity index (χ0v) is 12.4. The van der Waals surface area contributed by atoms with Crippen LogP contribution in [-0.4, -0.2) is 9.97 Å². The molecule has 0 fully saturated rings. The number of hydrogen-bond donors (Lipinski definition) is 1. The molecule has 106 valence electrons. The van der Waals surface area contributed by atoms with E-state index in [1.54, 1.807) is 6.33 Å². The number of nitrogens with zero attached hydrogens (tertiary/aromatic N) is 2. The maximum Gasteiger partial charge on any atom is 0.133 e. The fourth-order valence-electron chi connectivity index (χ4n) is 3.01. The molecule has 1 N–H and O–H groups in total. The summed E-state index contributed by atoms with van der Waals surface area (Å²) in [7, 11) is 0. The number of aryl methyl sites for hydroxylation is 3. The highest BCUT2D eigenvalue weighted by Gasteiger charge is 2.18. The van der Waals surface area contributed by atoms with Gasteiger partial charge in [0.2, 0.25) is 0 Å². The summed E-state index contributed by atoms with van der Waals surface area (Å²) in [6.45, 7) is 6.14. The van der Waals surface area contributed by atoms with E-state index in [2.05, 4.69) is 28.3 Å². The van der Waals surface area contributed by atoms with Crippen LogP contribution >= 0.6 is 0 Å². The highest BCUT2D eigenvalue weighted by atomic mass is 16.3. The van der Waals surface area contributed by atoms with Crippen molar-refractivity contribution in [1.29, 1.82) is 0 Å². The third kappa shape index (κ3) is 2.42. The van der Waals surface area contributed by atoms with Gasteiger partial charge >= 0.3 is 0 Å². The van der Waals surface area contributed by atoms with Crippen LogP contribution in [0.25, 0.3) is 0 Å². The summed E-state index contributed by atoms with van der Waals surface area (Å²) in [6.07, 6.45) is 6.29. The average Bonchev–Trinajstić information content (AvgIpc) is 2.78. The third-order valence-corrected chi connectivity index (χ3v) is 4.02. The van der Waals surface area contributed by atoms with E-state index in [0.29, 0.717) is 0 Å². The quantitative estimate of drug-likeness (QED) is 0.924. The summed E-state index contributed by atoms with van der Waals surface area (Å²) in [4.78, 5) is 8.85. The molecule has 1 aliphatic rings. The van der Waals surface area contributed by atoms with E-state index in [1.165, 1.54) is 29.7 Å². The molecule has 20 heavy (non-hydrogen) atoms. The first-order valence-electron chi connectivity index (χ1n) is 7.31. The van der Waals surface area contributed by atoms with Crippen molar-refractivity contribution in [1.82, 2.24) is 9.97 Å². The van der Waals surface area contributed by atoms with Gasteiger partial charge in [0, 0.05) is 16.8 Å². The molecule has 0 aliphatic heterocycles. The summed E-state index contributed by atoms with van der Waals surface area (Å²) >= 11 is 0. The van der Waals surface area contributed by atoms with Crippen molar-refractivity contribution in [2.45, 2.75) is 52.5 Å². The molecule has 2 aromatic rings. The molecule has 2 heterocycles. The van der Waals surface area contributed by atoms with Crippen LogP contribution in [0.4, 0.5) is 5.82 Å². The molecule has 1 atom stereocenters. The number of fused-ring (bicyclic) bond motifs is 1. The van der Waals surface area contributed by atoms with Gasteiger partial charge in [0.25, 0.3) is 0 Å². The van der Waals surface area contributed by atoms with E-state index in [-0.39, 0.29) is 6.04 Å². The van der Waals surface area contributed by atoms with Gasteiger partial charge in [0.05, 0.1) is 6.04 Å². The highest BCUT2D eigenvalue weighted by molar-refractivity contribution is 5.49. The molecular formula is C16H21N3O. The van der Waals surface area contributed by atoms with Gasteiger partial charge < -0.3 is 9.73 Å². The van der Waals surface area contributed by atoms with Crippen LogP contribution in [0, 0.1) is 13.8 Å². The third-order valence-electron chi connectivity index (χ3n) is 4.02. The maximum atomic E-state index is 5.61. The zero-order chi connectivity index (χ0) is 14.1. The minimum atomic E-state index is 0.188. The van der Waals surface area contributed by atoms with Gasteiger partial charge in [-0.05, 0) is 52.5 Å². The summed E-state index contributed by atoms with van der Waals surface area (Å²) in [5, 5.41) is 3.53. The molecule has 0 spiro atoms. The molecule has 0 bridgehead atoms. The lowest BCUT2D eigenvalue weighted by molar-refractivity contribution is 0.499. The van der Waals surface area contributed by atoms with Crippen molar-refractivity contribution in [3.8, 4) is 0 Å². The van der Waals surface area contributed by atoms with Crippen LogP contribution in [-0.2, 0) is 12.8 Å². The smallest absolute Gasteiger partial charge is 0.133 e. The lowest BCUT2D eigenvalue weighted by atomic mass is 9.96. The van der Waals surface area contributed by atoms with E-state index < -0.39 is 0 Å². The molecule has 1 unspecified atom stereocenters. The second-order valence-electron chi connectivity index (χ2n) is 5.59. The number of anilines is 1. The van der Waals surface area contributed by atoms with Gasteiger partial charge in [0.1, 0.15) is 23.7 Å². The standard InChI is InChI=1S/C16H21N3O/c1-10-8-14(12(3)20-10)11(2)19-16-13-6-4-5-7-15(13)17-9-18-16/h8-9,11H,4-7H2,1-3H3,(H,17,18,19). The highest BCUT2D eigenvalue weighted by Crippen LogP contribution is 2.29. The Bertz CT molecular complexity index is 618. The Hall–Kier alpha value is -1.84. The van der Waals surface area contributed by atoms with Crippen LogP contribution < -0.4 is 5.32 Å². The molecule has 0 saturated heterocycles. The molecule has 4 nitrogen and oxygen atoms in total. The van der Waals surface area contributed by atoms with Gasteiger partial charge in [-0.2, -0.15) is 0 Å². The predicted octanol–water partition coefficient (Wildman–Crippen LogP) is 3.74. The van der Waals surface area contributed by atoms with Crippen molar-refractivity contribution in [2.75, 3.05) is 5.32 Å². The normalized spacial score (nSPS) is 15.8. The molecule has 0 saturated carbocycles. The first kappa shape index (κ1) is 13.2. The van der Waals surface area contributed by atoms with Gasteiger partial charge in [-0.15, -0.1) is 0 Å². The van der Waals surface area contributed by atoms with Crippen molar-refractivity contribution in [3.05, 3.63) is 40.7 Å². The first-order chi connectivity index (χ1) is 9.65. The number of nitrogens with one attached hydrogen (secondary N) is 1. The second-order valence-corrected chi connectivity index (χ2v) is 5.59. The first-order valence-corrected chi connectivity index (χ1v) is 7.31. The fourth-order valence-corrected chi connectivity index (χ4v) is 3.01. The Kier molecular flexibility index (Phi) is 3.47. The monoisotopic (exact) mass is 271 g/mol. The molecule has 3 rings (SSSR count). The number of rotatable bonds is 3. The Balaban J connectivity index is 1.86. The lowest BCUT2D eigenvalue weighted by Gasteiger charge is -2.21.